The summed E-state index contributed by atoms with van der Waals surface area (Å²) in [6.45, 7) is 9.54. The maximum absolute atomic E-state index is 5.43. The average Bonchev–Trinajstić information content (AvgIpc) is 2.43. The van der Waals surface area contributed by atoms with Crippen LogP contribution in [0.3, 0.4) is 0 Å². The van der Waals surface area contributed by atoms with E-state index in [2.05, 4.69) is 26.1 Å². The smallest absolute Gasteiger partial charge is 0.0466 e. The maximum atomic E-state index is 5.43. The first-order chi connectivity index (χ1) is 9.35. The van der Waals surface area contributed by atoms with Gasteiger partial charge in [0, 0.05) is 19.3 Å². The van der Waals surface area contributed by atoms with Crippen LogP contribution in [0.25, 0.3) is 0 Å². The van der Waals surface area contributed by atoms with Gasteiger partial charge in [-0.3, -0.25) is 0 Å². The Hall–Kier alpha value is -0.0800. The summed E-state index contributed by atoms with van der Waals surface area (Å²) in [7, 11) is 0. The fraction of sp³-hybridized carbons (Fsp3) is 1.00. The van der Waals surface area contributed by atoms with Gasteiger partial charge in [0.25, 0.3) is 0 Å². The van der Waals surface area contributed by atoms with Gasteiger partial charge in [0.05, 0.1) is 0 Å². The minimum Gasteiger partial charge on any atom is -0.382 e. The van der Waals surface area contributed by atoms with E-state index in [1.165, 1.54) is 64.2 Å². The highest BCUT2D eigenvalue weighted by atomic mass is 16.5. The second kappa shape index (κ2) is 16.0. The third-order valence-electron chi connectivity index (χ3n) is 3.63. The molecule has 0 rings (SSSR count). The molecule has 0 aromatic rings. The van der Waals surface area contributed by atoms with E-state index >= 15 is 0 Å². The lowest BCUT2D eigenvalue weighted by Crippen LogP contribution is -2.30. The summed E-state index contributed by atoms with van der Waals surface area (Å²) < 4.78 is 5.43. The Labute approximate surface area is 121 Å². The molecule has 0 saturated carbocycles. The van der Waals surface area contributed by atoms with E-state index in [0.29, 0.717) is 6.04 Å². The van der Waals surface area contributed by atoms with E-state index in [9.17, 15) is 0 Å². The lowest BCUT2D eigenvalue weighted by Gasteiger charge is -2.18. The molecule has 0 bridgehead atoms. The molecule has 2 nitrogen and oxygen atoms in total. The van der Waals surface area contributed by atoms with Crippen molar-refractivity contribution in [3.63, 3.8) is 0 Å². The average molecular weight is 271 g/mol. The van der Waals surface area contributed by atoms with Gasteiger partial charge in [0.15, 0.2) is 0 Å². The number of rotatable bonds is 15. The van der Waals surface area contributed by atoms with Gasteiger partial charge in [-0.2, -0.15) is 0 Å². The van der Waals surface area contributed by atoms with Gasteiger partial charge in [0.1, 0.15) is 0 Å². The van der Waals surface area contributed by atoms with E-state index in [0.717, 1.165) is 19.8 Å². The molecule has 0 fully saturated rings. The summed E-state index contributed by atoms with van der Waals surface area (Å²) in [5.41, 5.74) is 0. The molecular formula is C17H37NO. The topological polar surface area (TPSA) is 21.3 Å². The first-order valence-electron chi connectivity index (χ1n) is 8.66. The Morgan fingerprint density at radius 1 is 0.789 bits per heavy atom. The zero-order chi connectivity index (χ0) is 14.2. The molecule has 116 valence electrons. The van der Waals surface area contributed by atoms with E-state index in [1.54, 1.807) is 0 Å². The highest BCUT2D eigenvalue weighted by molar-refractivity contribution is 4.67. The molecule has 1 atom stereocenters. The first-order valence-corrected chi connectivity index (χ1v) is 8.66. The molecule has 0 aliphatic heterocycles. The van der Waals surface area contributed by atoms with Gasteiger partial charge in [-0.15, -0.1) is 0 Å². The Kier molecular flexibility index (Phi) is 15.9. The van der Waals surface area contributed by atoms with Crippen molar-refractivity contribution in [3.05, 3.63) is 0 Å². The second-order valence-electron chi connectivity index (χ2n) is 5.55. The molecule has 19 heavy (non-hydrogen) atoms. The summed E-state index contributed by atoms with van der Waals surface area (Å²) in [4.78, 5) is 0. The van der Waals surface area contributed by atoms with Gasteiger partial charge in [-0.25, -0.2) is 0 Å². The van der Waals surface area contributed by atoms with Crippen LogP contribution in [0.5, 0.6) is 0 Å². The maximum Gasteiger partial charge on any atom is 0.0466 e. The Balaban J connectivity index is 3.55. The van der Waals surface area contributed by atoms with Crippen molar-refractivity contribution >= 4 is 0 Å². The van der Waals surface area contributed by atoms with Crippen LogP contribution in [0.4, 0.5) is 0 Å². The van der Waals surface area contributed by atoms with Gasteiger partial charge in [-0.05, 0) is 39.2 Å². The summed E-state index contributed by atoms with van der Waals surface area (Å²) >= 11 is 0. The van der Waals surface area contributed by atoms with Crippen molar-refractivity contribution in [3.8, 4) is 0 Å². The monoisotopic (exact) mass is 271 g/mol. The number of nitrogens with one attached hydrogen (secondary N) is 1. The molecule has 0 aliphatic rings. The van der Waals surface area contributed by atoms with Crippen LogP contribution in [0.1, 0.15) is 85.0 Å². The highest BCUT2D eigenvalue weighted by Gasteiger charge is 2.07. The number of hydrogen-bond donors (Lipinski definition) is 1. The molecule has 0 saturated heterocycles. The van der Waals surface area contributed by atoms with Crippen LogP contribution >= 0.6 is 0 Å². The summed E-state index contributed by atoms with van der Waals surface area (Å²) in [5, 5.41) is 3.69. The van der Waals surface area contributed by atoms with E-state index in [-0.39, 0.29) is 0 Å². The SMILES string of the molecule is CCCCCCCCC(CCCOCC)NCCC. The zero-order valence-electron chi connectivity index (χ0n) is 13.7. The molecule has 0 radical (unpaired) electrons. The molecule has 0 spiro atoms. The third-order valence-corrected chi connectivity index (χ3v) is 3.63. The summed E-state index contributed by atoms with van der Waals surface area (Å²) in [5.74, 6) is 0. The minimum atomic E-state index is 0.714. The predicted octanol–water partition coefficient (Wildman–Crippen LogP) is 4.92. The summed E-state index contributed by atoms with van der Waals surface area (Å²) in [6, 6.07) is 0.714. The predicted molar refractivity (Wildman–Crippen MR) is 85.8 cm³/mol. The fourth-order valence-corrected chi connectivity index (χ4v) is 2.44. The Morgan fingerprint density at radius 2 is 1.47 bits per heavy atom. The van der Waals surface area contributed by atoms with Crippen molar-refractivity contribution in [1.82, 2.24) is 5.32 Å². The lowest BCUT2D eigenvalue weighted by atomic mass is 10.0. The quantitative estimate of drug-likeness (QED) is 0.427. The molecule has 1 unspecified atom stereocenters. The normalized spacial score (nSPS) is 12.8. The van der Waals surface area contributed by atoms with Crippen molar-refractivity contribution < 1.29 is 4.74 Å². The second-order valence-corrected chi connectivity index (χ2v) is 5.55. The van der Waals surface area contributed by atoms with Crippen LogP contribution in [0, 0.1) is 0 Å². The van der Waals surface area contributed by atoms with E-state index < -0.39 is 0 Å². The van der Waals surface area contributed by atoms with Gasteiger partial charge in [0.2, 0.25) is 0 Å². The molecule has 2 heteroatoms. The standard InChI is InChI=1S/C17H37NO/c1-4-7-8-9-10-11-13-17(18-15-5-2)14-12-16-19-6-3/h17-18H,4-16H2,1-3H3. The van der Waals surface area contributed by atoms with Crippen LogP contribution in [0.15, 0.2) is 0 Å². The van der Waals surface area contributed by atoms with Crippen LogP contribution in [0.2, 0.25) is 0 Å². The van der Waals surface area contributed by atoms with E-state index in [4.69, 9.17) is 4.74 Å². The molecule has 0 aliphatic carbocycles. The number of hydrogen-bond acceptors (Lipinski definition) is 2. The molecule has 0 amide bonds. The molecule has 0 heterocycles. The number of ether oxygens (including phenoxy) is 1. The fourth-order valence-electron chi connectivity index (χ4n) is 2.44. The first kappa shape index (κ1) is 18.9. The molecule has 0 aromatic carbocycles. The molecule has 0 aromatic heterocycles. The van der Waals surface area contributed by atoms with Gasteiger partial charge in [-0.1, -0.05) is 52.4 Å². The van der Waals surface area contributed by atoms with Crippen molar-refractivity contribution in [1.29, 1.82) is 0 Å². The van der Waals surface area contributed by atoms with Crippen LogP contribution < -0.4 is 5.32 Å². The highest BCUT2D eigenvalue weighted by Crippen LogP contribution is 2.11. The Morgan fingerprint density at radius 3 is 2.16 bits per heavy atom. The Bertz CT molecular complexity index is 161. The summed E-state index contributed by atoms with van der Waals surface area (Å²) in [6.07, 6.45) is 13.5. The van der Waals surface area contributed by atoms with Crippen molar-refractivity contribution in [2.45, 2.75) is 91.0 Å². The van der Waals surface area contributed by atoms with E-state index in [1.807, 2.05) is 0 Å². The minimum absolute atomic E-state index is 0.714. The van der Waals surface area contributed by atoms with Gasteiger partial charge < -0.3 is 10.1 Å². The zero-order valence-corrected chi connectivity index (χ0v) is 13.7. The largest absolute Gasteiger partial charge is 0.382 e. The van der Waals surface area contributed by atoms with Gasteiger partial charge >= 0.3 is 0 Å². The molecule has 1 N–H and O–H groups in total. The lowest BCUT2D eigenvalue weighted by molar-refractivity contribution is 0.140. The van der Waals surface area contributed by atoms with Crippen LogP contribution in [-0.4, -0.2) is 25.8 Å². The molecular weight excluding hydrogens is 234 g/mol. The van der Waals surface area contributed by atoms with Crippen molar-refractivity contribution in [2.24, 2.45) is 0 Å². The van der Waals surface area contributed by atoms with Crippen LogP contribution in [-0.2, 0) is 4.74 Å². The third kappa shape index (κ3) is 14.1. The number of unbranched alkanes of at least 4 members (excludes halogenated alkanes) is 5. The van der Waals surface area contributed by atoms with Crippen molar-refractivity contribution in [2.75, 3.05) is 19.8 Å².